The molecule has 1 aliphatic heterocycles. The summed E-state index contributed by atoms with van der Waals surface area (Å²) in [5.74, 6) is 3.43. The van der Waals surface area contributed by atoms with Gasteiger partial charge in [-0.05, 0) is 74.6 Å². The van der Waals surface area contributed by atoms with Crippen molar-refractivity contribution in [2.24, 2.45) is 5.92 Å². The van der Waals surface area contributed by atoms with Gasteiger partial charge in [0.05, 0.1) is 12.2 Å². The lowest BCUT2D eigenvalue weighted by Gasteiger charge is -2.43. The van der Waals surface area contributed by atoms with Crippen molar-refractivity contribution in [2.45, 2.75) is 77.9 Å². The van der Waals surface area contributed by atoms with Crippen LogP contribution in [0.1, 0.15) is 65.7 Å². The first-order chi connectivity index (χ1) is 10.7. The Morgan fingerprint density at radius 1 is 0.913 bits per heavy atom. The van der Waals surface area contributed by atoms with Crippen molar-refractivity contribution in [3.8, 4) is 0 Å². The molecule has 2 rings (SSSR count). The SMILES string of the molecule is CCC.CCCCS(C)(C)OS(C)(C)CCC1CCC2OC2C1. The van der Waals surface area contributed by atoms with E-state index in [1.54, 1.807) is 0 Å². The molecule has 0 radical (unpaired) electrons. The lowest BCUT2D eigenvalue weighted by atomic mass is 9.88. The van der Waals surface area contributed by atoms with E-state index in [1.807, 2.05) is 0 Å². The van der Waals surface area contributed by atoms with E-state index in [1.165, 1.54) is 56.5 Å². The Morgan fingerprint density at radius 2 is 1.52 bits per heavy atom. The van der Waals surface area contributed by atoms with Crippen LogP contribution < -0.4 is 0 Å². The van der Waals surface area contributed by atoms with Crippen molar-refractivity contribution in [3.63, 3.8) is 0 Å². The van der Waals surface area contributed by atoms with Gasteiger partial charge < -0.3 is 4.74 Å². The number of epoxide rings is 1. The third-order valence-corrected chi connectivity index (χ3v) is 9.93. The smallest absolute Gasteiger partial charge is 0.0844 e. The molecule has 4 heteroatoms. The third-order valence-electron chi connectivity index (χ3n) is 4.49. The van der Waals surface area contributed by atoms with Gasteiger partial charge in [0.15, 0.2) is 0 Å². The third kappa shape index (κ3) is 9.04. The summed E-state index contributed by atoms with van der Waals surface area (Å²) >= 11 is 0. The fourth-order valence-corrected chi connectivity index (χ4v) is 9.68. The van der Waals surface area contributed by atoms with Gasteiger partial charge in [-0.2, -0.15) is 0 Å². The van der Waals surface area contributed by atoms with E-state index >= 15 is 0 Å². The summed E-state index contributed by atoms with van der Waals surface area (Å²) in [6.45, 7) is 6.52. The highest BCUT2D eigenvalue weighted by Gasteiger charge is 2.43. The maximum Gasteiger partial charge on any atom is 0.0844 e. The van der Waals surface area contributed by atoms with Crippen LogP contribution >= 0.6 is 20.6 Å². The first kappa shape index (κ1) is 21.7. The second-order valence-corrected chi connectivity index (χ2v) is 15.2. The van der Waals surface area contributed by atoms with E-state index in [-0.39, 0.29) is 0 Å². The molecule has 0 aromatic rings. The van der Waals surface area contributed by atoms with Crippen LogP contribution in [-0.2, 0) is 8.37 Å². The van der Waals surface area contributed by atoms with Crippen LogP contribution in [0.4, 0.5) is 0 Å². The van der Waals surface area contributed by atoms with E-state index in [4.69, 9.17) is 8.37 Å². The van der Waals surface area contributed by atoms with E-state index in [0.29, 0.717) is 12.2 Å². The summed E-state index contributed by atoms with van der Waals surface area (Å²) in [5.41, 5.74) is 0. The molecule has 2 nitrogen and oxygen atoms in total. The molecule has 0 N–H and O–H groups in total. The molecule has 0 aromatic heterocycles. The van der Waals surface area contributed by atoms with Gasteiger partial charge in [-0.15, -0.1) is 20.6 Å². The van der Waals surface area contributed by atoms with Gasteiger partial charge in [-0.1, -0.05) is 33.6 Å². The Kier molecular flexibility index (Phi) is 9.36. The minimum Gasteiger partial charge on any atom is -0.370 e. The van der Waals surface area contributed by atoms with E-state index in [2.05, 4.69) is 45.8 Å². The van der Waals surface area contributed by atoms with Crippen LogP contribution in [0.25, 0.3) is 0 Å². The molecule has 0 amide bonds. The van der Waals surface area contributed by atoms with E-state index in [9.17, 15) is 0 Å². The van der Waals surface area contributed by atoms with Crippen LogP contribution in [0.5, 0.6) is 0 Å². The van der Waals surface area contributed by atoms with Crippen LogP contribution in [0.3, 0.4) is 0 Å². The van der Waals surface area contributed by atoms with Crippen molar-refractivity contribution in [1.82, 2.24) is 0 Å². The summed E-state index contributed by atoms with van der Waals surface area (Å²) in [6, 6.07) is 0. The molecule has 0 aromatic carbocycles. The van der Waals surface area contributed by atoms with Crippen LogP contribution in [0.2, 0.25) is 0 Å². The molecule has 1 saturated heterocycles. The predicted molar refractivity (Wildman–Crippen MR) is 111 cm³/mol. The molecular formula is C19H42O2S2. The van der Waals surface area contributed by atoms with E-state index < -0.39 is 20.6 Å². The molecule has 1 aliphatic carbocycles. The molecule has 3 atom stereocenters. The molecular weight excluding hydrogens is 324 g/mol. The van der Waals surface area contributed by atoms with Crippen molar-refractivity contribution < 1.29 is 8.37 Å². The number of ether oxygens (including phenoxy) is 1. The lowest BCUT2D eigenvalue weighted by molar-refractivity contribution is 0.358. The highest BCUT2D eigenvalue weighted by atomic mass is 32.3. The summed E-state index contributed by atoms with van der Waals surface area (Å²) in [7, 11) is -1.72. The number of unbranched alkanes of at least 4 members (excludes halogenated alkanes) is 1. The Morgan fingerprint density at radius 3 is 2.09 bits per heavy atom. The van der Waals surface area contributed by atoms with Gasteiger partial charge in [0.2, 0.25) is 0 Å². The van der Waals surface area contributed by atoms with Crippen molar-refractivity contribution in [3.05, 3.63) is 0 Å². The molecule has 142 valence electrons. The minimum absolute atomic E-state index is 0.624. The van der Waals surface area contributed by atoms with Crippen LogP contribution in [-0.4, -0.2) is 48.7 Å². The summed E-state index contributed by atoms with van der Waals surface area (Å²) < 4.78 is 12.2. The highest BCUT2D eigenvalue weighted by Crippen LogP contribution is 2.58. The predicted octanol–water partition coefficient (Wildman–Crippen LogP) is 6.14. The Labute approximate surface area is 149 Å². The largest absolute Gasteiger partial charge is 0.370 e. The fraction of sp³-hybridized carbons (Fsp3) is 1.00. The second-order valence-electron chi connectivity index (χ2n) is 8.09. The maximum atomic E-state index is 6.59. The summed E-state index contributed by atoms with van der Waals surface area (Å²) in [4.78, 5) is 0. The number of hydrogen-bond donors (Lipinski definition) is 0. The van der Waals surface area contributed by atoms with Gasteiger partial charge in [-0.3, -0.25) is 3.63 Å². The van der Waals surface area contributed by atoms with Gasteiger partial charge in [-0.25, -0.2) is 0 Å². The van der Waals surface area contributed by atoms with Crippen molar-refractivity contribution >= 4 is 20.6 Å². The molecule has 1 heterocycles. The van der Waals surface area contributed by atoms with Gasteiger partial charge in [0.1, 0.15) is 0 Å². The molecule has 23 heavy (non-hydrogen) atoms. The Bertz CT molecular complexity index is 331. The first-order valence-corrected chi connectivity index (χ1v) is 14.6. The highest BCUT2D eigenvalue weighted by molar-refractivity contribution is 8.40. The lowest BCUT2D eigenvalue weighted by Crippen LogP contribution is -2.18. The normalized spacial score (nSPS) is 28.4. The first-order valence-electron chi connectivity index (χ1n) is 9.51. The van der Waals surface area contributed by atoms with E-state index in [0.717, 1.165) is 5.92 Å². The quantitative estimate of drug-likeness (QED) is 0.482. The number of rotatable bonds is 8. The average Bonchev–Trinajstić information content (AvgIpc) is 3.21. The van der Waals surface area contributed by atoms with Gasteiger partial charge in [0, 0.05) is 0 Å². The zero-order valence-electron chi connectivity index (χ0n) is 16.7. The molecule has 2 fully saturated rings. The van der Waals surface area contributed by atoms with Gasteiger partial charge >= 0.3 is 0 Å². The Hall–Kier alpha value is 0.620. The standard InChI is InChI=1S/C16H34O2S2.C3H8/c1-6-7-11-19(2,3)18-20(4,5)12-10-14-8-9-15-16(13-14)17-15;1-3-2/h14-16H,6-13H2,1-5H3;3H2,1-2H3. The molecule has 2 aliphatic rings. The minimum atomic E-state index is -0.877. The maximum absolute atomic E-state index is 6.59. The number of hydrogen-bond acceptors (Lipinski definition) is 2. The zero-order valence-corrected chi connectivity index (χ0v) is 18.4. The van der Waals surface area contributed by atoms with Gasteiger partial charge in [0.25, 0.3) is 0 Å². The topological polar surface area (TPSA) is 21.8 Å². The molecule has 0 spiro atoms. The van der Waals surface area contributed by atoms with Crippen LogP contribution in [0.15, 0.2) is 0 Å². The summed E-state index contributed by atoms with van der Waals surface area (Å²) in [6.07, 6.45) is 19.9. The zero-order chi connectivity index (χ0) is 17.5. The molecule has 0 bridgehead atoms. The Balaban J connectivity index is 0.000000816. The number of fused-ring (bicyclic) bond motifs is 1. The average molecular weight is 367 g/mol. The summed E-state index contributed by atoms with van der Waals surface area (Å²) in [5, 5.41) is 0. The van der Waals surface area contributed by atoms with Crippen LogP contribution in [0, 0.1) is 5.92 Å². The monoisotopic (exact) mass is 366 g/mol. The van der Waals surface area contributed by atoms with Crippen molar-refractivity contribution in [1.29, 1.82) is 0 Å². The second kappa shape index (κ2) is 9.94. The van der Waals surface area contributed by atoms with Crippen molar-refractivity contribution in [2.75, 3.05) is 36.5 Å². The molecule has 1 saturated carbocycles. The molecule has 3 unspecified atom stereocenters. The fourth-order valence-electron chi connectivity index (χ4n) is 3.26.